The maximum absolute atomic E-state index is 8.89. The van der Waals surface area contributed by atoms with Crippen LogP contribution in [-0.2, 0) is 4.79 Å². The third-order valence-corrected chi connectivity index (χ3v) is 0. The van der Waals surface area contributed by atoms with Crippen LogP contribution in [0.25, 0.3) is 0 Å². The monoisotopic (exact) mass is 116 g/mol. The summed E-state index contributed by atoms with van der Waals surface area (Å²) in [6, 6.07) is 0. The fourth-order valence-corrected chi connectivity index (χ4v) is 0. The average Bonchev–Trinajstić information content (AvgIpc) is 0.811. The van der Waals surface area contributed by atoms with E-state index in [-0.39, 0.29) is 56.9 Å². The van der Waals surface area contributed by atoms with Crippen molar-refractivity contribution in [2.75, 3.05) is 0 Å². The van der Waals surface area contributed by atoms with E-state index in [0.717, 1.165) is 0 Å². The largest absolute Gasteiger partial charge is 1.00 e. The number of rotatable bonds is 0. The van der Waals surface area contributed by atoms with Crippen molar-refractivity contribution in [3.05, 3.63) is 6.92 Å². The molecule has 6 heavy (non-hydrogen) atoms. The molecule has 0 aromatic heterocycles. The van der Waals surface area contributed by atoms with E-state index in [1.165, 1.54) is 0 Å². The fourth-order valence-electron chi connectivity index (χ4n) is 0. The van der Waals surface area contributed by atoms with Crippen LogP contribution < -0.4 is 51.4 Å². The third kappa shape index (κ3) is 87.2. The molecule has 0 aliphatic rings. The first-order valence-corrected chi connectivity index (χ1v) is 0.781. The van der Waals surface area contributed by atoms with E-state index < -0.39 is 5.97 Å². The molecule has 0 aliphatic carbocycles. The van der Waals surface area contributed by atoms with E-state index in [9.17, 15) is 0 Å². The molecule has 0 bridgehead atoms. The Kier molecular flexibility index (Phi) is 24.5. The summed E-state index contributed by atoms with van der Waals surface area (Å²) in [5.74, 6) is -1.08. The van der Waals surface area contributed by atoms with Crippen LogP contribution in [-0.4, -0.2) is 16.6 Å². The molecule has 0 heterocycles. The first kappa shape index (κ1) is 15.8. The second-order valence-electron chi connectivity index (χ2n) is 0.394. The van der Waals surface area contributed by atoms with E-state index >= 15 is 0 Å². The molecular formula is C2H5KO3. The second kappa shape index (κ2) is 9.34. The molecule has 0 amide bonds. The normalized spacial score (nSPS) is 4.00. The van der Waals surface area contributed by atoms with Gasteiger partial charge in [0.15, 0.2) is 5.97 Å². The smallest absolute Gasteiger partial charge is 0.503 e. The first-order chi connectivity index (χ1) is 1.73. The molecule has 0 saturated heterocycles. The molecule has 0 unspecified atom stereocenters. The molecule has 0 saturated carbocycles. The molecule has 0 spiro atoms. The van der Waals surface area contributed by atoms with Gasteiger partial charge in [0, 0.05) is 0 Å². The van der Waals surface area contributed by atoms with E-state index in [1.807, 2.05) is 0 Å². The van der Waals surface area contributed by atoms with Gasteiger partial charge in [-0.2, -0.15) is 0 Å². The average molecular weight is 116 g/mol. The molecule has 4 heteroatoms. The topological polar surface area (TPSA) is 68.8 Å². The quantitative estimate of drug-likeness (QED) is 0.259. The summed E-state index contributed by atoms with van der Waals surface area (Å²) in [6.45, 7) is 2.56. The van der Waals surface area contributed by atoms with Crippen LogP contribution in [0.2, 0.25) is 0 Å². The molecule has 0 aliphatic heterocycles. The Hall–Kier alpha value is 0.936. The standard InChI is InChI=1S/C2H3O2.K.H2O/c1-2(3)4;;/h1H2,(H,3,4);;1H2/q-1;+1;. The Morgan fingerprint density at radius 1 is 1.67 bits per heavy atom. The Labute approximate surface area is 78.5 Å². The van der Waals surface area contributed by atoms with Crippen molar-refractivity contribution in [1.82, 2.24) is 0 Å². The van der Waals surface area contributed by atoms with Crippen molar-refractivity contribution in [3.63, 3.8) is 0 Å². The summed E-state index contributed by atoms with van der Waals surface area (Å²) >= 11 is 0. The van der Waals surface area contributed by atoms with Gasteiger partial charge >= 0.3 is 51.4 Å². The van der Waals surface area contributed by atoms with Crippen LogP contribution in [0.1, 0.15) is 0 Å². The van der Waals surface area contributed by atoms with Crippen molar-refractivity contribution in [2.45, 2.75) is 0 Å². The van der Waals surface area contributed by atoms with Crippen LogP contribution >= 0.6 is 0 Å². The maximum atomic E-state index is 8.89. The number of hydrogen-bond acceptors (Lipinski definition) is 1. The Balaban J connectivity index is -0.0000000450. The minimum Gasteiger partial charge on any atom is -0.503 e. The SMILES string of the molecule is O.[CH2-]C(=O)O.[K+]. The van der Waals surface area contributed by atoms with Gasteiger partial charge in [-0.3, -0.25) is 11.7 Å². The van der Waals surface area contributed by atoms with E-state index in [4.69, 9.17) is 9.90 Å². The molecule has 0 fully saturated rings. The summed E-state index contributed by atoms with van der Waals surface area (Å²) in [4.78, 5) is 8.89. The molecule has 0 radical (unpaired) electrons. The second-order valence-corrected chi connectivity index (χ2v) is 0.394. The van der Waals surface area contributed by atoms with Crippen LogP contribution in [0.3, 0.4) is 0 Å². The van der Waals surface area contributed by atoms with Crippen molar-refractivity contribution < 1.29 is 66.8 Å². The minimum atomic E-state index is -1.08. The van der Waals surface area contributed by atoms with Gasteiger partial charge in [0.25, 0.3) is 0 Å². The van der Waals surface area contributed by atoms with E-state index in [2.05, 4.69) is 6.92 Å². The maximum Gasteiger partial charge on any atom is 1.00 e. The Morgan fingerprint density at radius 2 is 1.67 bits per heavy atom. The molecule has 3 N–H and O–H groups in total. The van der Waals surface area contributed by atoms with Crippen molar-refractivity contribution in [1.29, 1.82) is 0 Å². The van der Waals surface area contributed by atoms with Gasteiger partial charge in [-0.05, 0) is 0 Å². The fraction of sp³-hybridized carbons (Fsp3) is 0. The summed E-state index contributed by atoms with van der Waals surface area (Å²) in [5.41, 5.74) is 0. The Morgan fingerprint density at radius 3 is 1.67 bits per heavy atom. The zero-order valence-electron chi connectivity index (χ0n) is 3.56. The summed E-state index contributed by atoms with van der Waals surface area (Å²) in [7, 11) is 0. The predicted octanol–water partition coefficient (Wildman–Crippen LogP) is -3.92. The van der Waals surface area contributed by atoms with Gasteiger partial charge in [-0.25, -0.2) is 0 Å². The van der Waals surface area contributed by atoms with Gasteiger partial charge in [-0.1, -0.05) is 0 Å². The van der Waals surface area contributed by atoms with Crippen molar-refractivity contribution >= 4 is 5.97 Å². The first-order valence-electron chi connectivity index (χ1n) is 0.781. The molecule has 3 nitrogen and oxygen atoms in total. The van der Waals surface area contributed by atoms with Crippen molar-refractivity contribution in [3.8, 4) is 0 Å². The number of carboxylic acid groups (broad SMARTS) is 1. The molecule has 0 aromatic carbocycles. The summed E-state index contributed by atoms with van der Waals surface area (Å²) in [6.07, 6.45) is 0. The predicted molar refractivity (Wildman–Crippen MR) is 16.6 cm³/mol. The van der Waals surface area contributed by atoms with Crippen LogP contribution in [0.5, 0.6) is 0 Å². The van der Waals surface area contributed by atoms with Gasteiger partial charge in [0.2, 0.25) is 0 Å². The number of aliphatic carboxylic acids is 1. The van der Waals surface area contributed by atoms with E-state index in [1.54, 1.807) is 0 Å². The zero-order chi connectivity index (χ0) is 3.58. The van der Waals surface area contributed by atoms with Gasteiger partial charge in [0.05, 0.1) is 0 Å². The van der Waals surface area contributed by atoms with E-state index in [0.29, 0.717) is 0 Å². The minimum absolute atomic E-state index is 0. The third-order valence-electron chi connectivity index (χ3n) is 0. The molecule has 0 aromatic rings. The number of hydrogen-bond donors (Lipinski definition) is 1. The van der Waals surface area contributed by atoms with Gasteiger partial charge in [-0.15, -0.1) is 0 Å². The zero-order valence-corrected chi connectivity index (χ0v) is 6.69. The van der Waals surface area contributed by atoms with Crippen LogP contribution in [0, 0.1) is 6.92 Å². The number of carbonyl (C=O) groups is 1. The van der Waals surface area contributed by atoms with Gasteiger partial charge < -0.3 is 10.6 Å². The molecule has 0 atom stereocenters. The van der Waals surface area contributed by atoms with Gasteiger partial charge in [0.1, 0.15) is 0 Å². The molecule has 0 rings (SSSR count). The Bertz CT molecular complexity index is 31.8. The van der Waals surface area contributed by atoms with Crippen LogP contribution in [0.4, 0.5) is 0 Å². The summed E-state index contributed by atoms with van der Waals surface area (Å²) in [5, 5.41) is 7.31. The molecule has 32 valence electrons. The summed E-state index contributed by atoms with van der Waals surface area (Å²) < 4.78 is 0. The number of carboxylic acids is 1. The molecular weight excluding hydrogens is 111 g/mol. The van der Waals surface area contributed by atoms with Crippen LogP contribution in [0.15, 0.2) is 0 Å². The van der Waals surface area contributed by atoms with Crippen molar-refractivity contribution in [2.24, 2.45) is 0 Å².